The van der Waals surface area contributed by atoms with Crippen molar-refractivity contribution >= 4 is 0 Å². The van der Waals surface area contributed by atoms with Crippen LogP contribution in [0.1, 0.15) is 44.2 Å². The van der Waals surface area contributed by atoms with Crippen LogP contribution in [0.5, 0.6) is 11.5 Å². The summed E-state index contributed by atoms with van der Waals surface area (Å²) in [5, 5.41) is 3.45. The summed E-state index contributed by atoms with van der Waals surface area (Å²) in [6, 6.07) is 11.8. The van der Waals surface area contributed by atoms with E-state index in [1.807, 2.05) is 13.0 Å². The van der Waals surface area contributed by atoms with Crippen molar-refractivity contribution in [3.05, 3.63) is 59.7 Å². The normalized spacial score (nSPS) is 16.0. The van der Waals surface area contributed by atoms with Gasteiger partial charge in [0.05, 0.1) is 0 Å². The van der Waals surface area contributed by atoms with E-state index >= 15 is 0 Å². The maximum absolute atomic E-state index is 14.8. The first kappa shape index (κ1) is 15.9. The van der Waals surface area contributed by atoms with Gasteiger partial charge in [-0.2, -0.15) is 0 Å². The van der Waals surface area contributed by atoms with Crippen molar-refractivity contribution in [2.45, 2.75) is 44.7 Å². The van der Waals surface area contributed by atoms with Crippen molar-refractivity contribution in [1.82, 2.24) is 5.32 Å². The third kappa shape index (κ3) is 3.53. The molecule has 0 radical (unpaired) electrons. The number of ether oxygens (including phenoxy) is 1. The fourth-order valence-electron chi connectivity index (χ4n) is 2.80. The molecule has 0 aromatic heterocycles. The number of rotatable bonds is 6. The van der Waals surface area contributed by atoms with E-state index in [-0.39, 0.29) is 11.8 Å². The summed E-state index contributed by atoms with van der Waals surface area (Å²) >= 11 is 0. The fourth-order valence-corrected chi connectivity index (χ4v) is 2.80. The van der Waals surface area contributed by atoms with Crippen LogP contribution in [0.15, 0.2) is 42.5 Å². The summed E-state index contributed by atoms with van der Waals surface area (Å²) in [6.45, 7) is 2.00. The number of benzene rings is 2. The van der Waals surface area contributed by atoms with Crippen LogP contribution >= 0.6 is 0 Å². The molecule has 0 spiro atoms. The lowest BCUT2D eigenvalue weighted by molar-refractivity contribution is 0.296. The Morgan fingerprint density at radius 1 is 1.13 bits per heavy atom. The smallest absolute Gasteiger partial charge is 0.198 e. The van der Waals surface area contributed by atoms with E-state index in [1.165, 1.54) is 18.6 Å². The molecule has 1 saturated carbocycles. The van der Waals surface area contributed by atoms with E-state index < -0.39 is 11.6 Å². The van der Waals surface area contributed by atoms with Gasteiger partial charge in [-0.1, -0.05) is 37.6 Å². The van der Waals surface area contributed by atoms with Gasteiger partial charge in [-0.3, -0.25) is 0 Å². The molecule has 4 heteroatoms. The minimum Gasteiger partial charge on any atom is -0.451 e. The molecule has 23 heavy (non-hydrogen) atoms. The summed E-state index contributed by atoms with van der Waals surface area (Å²) < 4.78 is 34.3. The van der Waals surface area contributed by atoms with Crippen molar-refractivity contribution in [3.8, 4) is 11.5 Å². The van der Waals surface area contributed by atoms with Crippen LogP contribution in [0.2, 0.25) is 0 Å². The molecular weight excluding hydrogens is 296 g/mol. The van der Waals surface area contributed by atoms with Crippen molar-refractivity contribution in [2.75, 3.05) is 0 Å². The van der Waals surface area contributed by atoms with Crippen LogP contribution in [0.3, 0.4) is 0 Å². The quantitative estimate of drug-likeness (QED) is 0.775. The maximum atomic E-state index is 14.8. The number of nitrogens with one attached hydrogen (secondary N) is 1. The zero-order valence-electron chi connectivity index (χ0n) is 13.2. The zero-order valence-corrected chi connectivity index (χ0v) is 13.2. The Balaban J connectivity index is 1.87. The highest BCUT2D eigenvalue weighted by Crippen LogP contribution is 2.34. The second-order valence-corrected chi connectivity index (χ2v) is 5.95. The molecule has 1 N–H and O–H groups in total. The zero-order chi connectivity index (χ0) is 16.2. The van der Waals surface area contributed by atoms with Gasteiger partial charge < -0.3 is 10.1 Å². The molecule has 122 valence electrons. The first-order valence-electron chi connectivity index (χ1n) is 8.16. The van der Waals surface area contributed by atoms with Crippen LogP contribution in [-0.4, -0.2) is 6.04 Å². The lowest BCUT2D eigenvalue weighted by Gasteiger charge is -2.31. The van der Waals surface area contributed by atoms with E-state index in [0.29, 0.717) is 17.4 Å². The average Bonchev–Trinajstić information content (AvgIpc) is 2.53. The van der Waals surface area contributed by atoms with Crippen LogP contribution in [-0.2, 0) is 0 Å². The molecule has 0 amide bonds. The van der Waals surface area contributed by atoms with Gasteiger partial charge in [-0.05, 0) is 37.5 Å². The first-order chi connectivity index (χ1) is 11.2. The van der Waals surface area contributed by atoms with Crippen LogP contribution in [0, 0.1) is 11.6 Å². The van der Waals surface area contributed by atoms with E-state index in [9.17, 15) is 8.78 Å². The Morgan fingerprint density at radius 3 is 2.48 bits per heavy atom. The van der Waals surface area contributed by atoms with Crippen molar-refractivity contribution in [1.29, 1.82) is 0 Å². The number of hydrogen-bond acceptors (Lipinski definition) is 2. The number of halogens is 2. The third-order valence-corrected chi connectivity index (χ3v) is 4.37. The van der Waals surface area contributed by atoms with Crippen molar-refractivity contribution < 1.29 is 13.5 Å². The molecule has 1 aliphatic carbocycles. The fraction of sp³-hybridized carbons (Fsp3) is 0.368. The number of para-hydroxylation sites is 1. The van der Waals surface area contributed by atoms with Gasteiger partial charge in [0.1, 0.15) is 5.75 Å². The van der Waals surface area contributed by atoms with Gasteiger partial charge in [-0.15, -0.1) is 0 Å². The predicted octanol–water partition coefficient (Wildman–Crippen LogP) is 5.35. The van der Waals surface area contributed by atoms with Crippen molar-refractivity contribution in [3.63, 3.8) is 0 Å². The van der Waals surface area contributed by atoms with E-state index in [0.717, 1.165) is 19.3 Å². The van der Waals surface area contributed by atoms with Crippen LogP contribution in [0.25, 0.3) is 0 Å². The monoisotopic (exact) mass is 317 g/mol. The highest BCUT2D eigenvalue weighted by atomic mass is 19.1. The van der Waals surface area contributed by atoms with Gasteiger partial charge in [0.2, 0.25) is 0 Å². The first-order valence-corrected chi connectivity index (χ1v) is 8.16. The summed E-state index contributed by atoms with van der Waals surface area (Å²) in [6.07, 6.45) is 4.19. The average molecular weight is 317 g/mol. The van der Waals surface area contributed by atoms with Gasteiger partial charge in [0, 0.05) is 17.6 Å². The summed E-state index contributed by atoms with van der Waals surface area (Å²) in [4.78, 5) is 0. The minimum absolute atomic E-state index is 0.126. The molecule has 2 aromatic rings. The lowest BCUT2D eigenvalue weighted by atomic mass is 9.91. The summed E-state index contributed by atoms with van der Waals surface area (Å²) in [5.74, 6) is -1.22. The molecule has 0 saturated heterocycles. The molecule has 2 aromatic carbocycles. The molecular formula is C19H21F2NO. The van der Waals surface area contributed by atoms with Crippen LogP contribution in [0.4, 0.5) is 8.78 Å². The second kappa shape index (κ2) is 7.09. The topological polar surface area (TPSA) is 21.3 Å². The predicted molar refractivity (Wildman–Crippen MR) is 86.7 cm³/mol. The van der Waals surface area contributed by atoms with Gasteiger partial charge in [0.25, 0.3) is 0 Å². The van der Waals surface area contributed by atoms with Crippen LogP contribution < -0.4 is 10.1 Å². The molecule has 3 rings (SSSR count). The lowest BCUT2D eigenvalue weighted by Crippen LogP contribution is -2.38. The Kier molecular flexibility index (Phi) is 4.91. The Hall–Kier alpha value is -1.94. The SMILES string of the molecule is CCC(NC1CCC1)c1ccc(F)c(Oc2ccccc2)c1F. The Morgan fingerprint density at radius 2 is 1.87 bits per heavy atom. The standard InChI is InChI=1S/C19H21F2NO/c1-2-17(22-13-7-6-8-13)15-11-12-16(20)19(18(15)21)23-14-9-4-3-5-10-14/h3-5,9-13,17,22H,2,6-8H2,1H3. The second-order valence-electron chi connectivity index (χ2n) is 5.95. The number of hydrogen-bond donors (Lipinski definition) is 1. The summed E-state index contributed by atoms with van der Waals surface area (Å²) in [7, 11) is 0. The highest BCUT2D eigenvalue weighted by molar-refractivity contribution is 5.38. The molecule has 0 aliphatic heterocycles. The summed E-state index contributed by atoms with van der Waals surface area (Å²) in [5.41, 5.74) is 0.465. The van der Waals surface area contributed by atoms with E-state index in [4.69, 9.17) is 4.74 Å². The van der Waals surface area contributed by atoms with E-state index in [2.05, 4.69) is 5.32 Å². The van der Waals surface area contributed by atoms with Gasteiger partial charge >= 0.3 is 0 Å². The highest BCUT2D eigenvalue weighted by Gasteiger charge is 2.25. The minimum atomic E-state index is -0.686. The third-order valence-electron chi connectivity index (χ3n) is 4.37. The molecule has 1 atom stereocenters. The van der Waals surface area contributed by atoms with Crippen molar-refractivity contribution in [2.24, 2.45) is 0 Å². The Bertz CT molecular complexity index is 656. The maximum Gasteiger partial charge on any atom is 0.198 e. The molecule has 1 unspecified atom stereocenters. The van der Waals surface area contributed by atoms with Gasteiger partial charge in [-0.25, -0.2) is 8.78 Å². The van der Waals surface area contributed by atoms with Gasteiger partial charge in [0.15, 0.2) is 17.4 Å². The molecule has 1 aliphatic rings. The molecule has 0 bridgehead atoms. The van der Waals surface area contributed by atoms with E-state index in [1.54, 1.807) is 24.3 Å². The molecule has 1 fully saturated rings. The molecule has 2 nitrogen and oxygen atoms in total. The molecule has 0 heterocycles. The Labute approximate surface area is 135 Å². The largest absolute Gasteiger partial charge is 0.451 e.